The van der Waals surface area contributed by atoms with Crippen LogP contribution in [0, 0.1) is 0 Å². The Labute approximate surface area is 93.8 Å². The van der Waals surface area contributed by atoms with E-state index in [1.165, 1.54) is 0 Å². The first-order chi connectivity index (χ1) is 7.65. The third-order valence-corrected chi connectivity index (χ3v) is 3.21. The maximum absolute atomic E-state index is 10.2. The van der Waals surface area contributed by atoms with Gasteiger partial charge in [-0.2, -0.15) is 4.98 Å². The Bertz CT molecular complexity index is 388. The highest BCUT2D eigenvalue weighted by molar-refractivity contribution is 5.05. The average molecular weight is 224 g/mol. The molecular weight excluding hydrogens is 208 g/mol. The lowest BCUT2D eigenvalue weighted by atomic mass is 9.97. The van der Waals surface area contributed by atoms with E-state index in [9.17, 15) is 5.11 Å². The van der Waals surface area contributed by atoms with Gasteiger partial charge in [-0.05, 0) is 19.8 Å². The van der Waals surface area contributed by atoms with Crippen LogP contribution in [0.3, 0.4) is 0 Å². The summed E-state index contributed by atoms with van der Waals surface area (Å²) in [6.45, 7) is 2.32. The van der Waals surface area contributed by atoms with Gasteiger partial charge < -0.3 is 14.4 Å². The molecule has 2 aliphatic rings. The fraction of sp³-hybridized carbons (Fsp3) is 0.818. The van der Waals surface area contributed by atoms with Crippen LogP contribution in [0.15, 0.2) is 4.52 Å². The van der Waals surface area contributed by atoms with Crippen molar-refractivity contribution in [3.63, 3.8) is 0 Å². The van der Waals surface area contributed by atoms with Crippen molar-refractivity contribution in [2.24, 2.45) is 0 Å². The van der Waals surface area contributed by atoms with Crippen LogP contribution in [0.1, 0.15) is 43.8 Å². The van der Waals surface area contributed by atoms with Crippen molar-refractivity contribution in [3.8, 4) is 0 Å². The molecule has 1 aromatic rings. The summed E-state index contributed by atoms with van der Waals surface area (Å²) in [5.74, 6) is 1.82. The van der Waals surface area contributed by atoms with Crippen LogP contribution in [0.2, 0.25) is 0 Å². The van der Waals surface area contributed by atoms with Gasteiger partial charge in [0.1, 0.15) is 0 Å². The summed E-state index contributed by atoms with van der Waals surface area (Å²) in [5, 5.41) is 14.2. The number of ether oxygens (including phenoxy) is 1. The van der Waals surface area contributed by atoms with E-state index in [1.807, 2.05) is 6.92 Å². The molecule has 0 radical (unpaired) electrons. The Balaban J connectivity index is 1.68. The molecule has 0 amide bonds. The summed E-state index contributed by atoms with van der Waals surface area (Å²) < 4.78 is 10.5. The Kier molecular flexibility index (Phi) is 2.26. The predicted molar refractivity (Wildman–Crippen MR) is 55.0 cm³/mol. The number of hydrogen-bond acceptors (Lipinski definition) is 5. The molecule has 5 nitrogen and oxygen atoms in total. The van der Waals surface area contributed by atoms with E-state index in [4.69, 9.17) is 9.26 Å². The van der Waals surface area contributed by atoms with Crippen molar-refractivity contribution in [1.82, 2.24) is 10.1 Å². The van der Waals surface area contributed by atoms with Gasteiger partial charge in [0.25, 0.3) is 0 Å². The lowest BCUT2D eigenvalue weighted by Crippen LogP contribution is -2.32. The van der Waals surface area contributed by atoms with Gasteiger partial charge >= 0.3 is 0 Å². The standard InChI is InChI=1S/C11H16N2O3/c1-7-4-11(14,6-15-7)5-9-12-10(13-16-9)8-2-3-8/h7-8,14H,2-6H2,1H3/t7-,11-/m0/s1. The number of aliphatic hydroxyl groups is 1. The highest BCUT2D eigenvalue weighted by Gasteiger charge is 2.38. The predicted octanol–water partition coefficient (Wildman–Crippen LogP) is 1.03. The van der Waals surface area contributed by atoms with E-state index in [1.54, 1.807) is 0 Å². The molecule has 88 valence electrons. The molecule has 3 rings (SSSR count). The molecule has 0 spiro atoms. The number of aromatic nitrogens is 2. The second-order valence-electron chi connectivity index (χ2n) is 5.05. The first kappa shape index (κ1) is 10.2. The van der Waals surface area contributed by atoms with Crippen LogP contribution in [0.5, 0.6) is 0 Å². The third-order valence-electron chi connectivity index (χ3n) is 3.21. The van der Waals surface area contributed by atoms with Crippen LogP contribution in [0.4, 0.5) is 0 Å². The van der Waals surface area contributed by atoms with Gasteiger partial charge in [0.15, 0.2) is 5.82 Å². The minimum atomic E-state index is -0.827. The Hall–Kier alpha value is -0.940. The second-order valence-corrected chi connectivity index (χ2v) is 5.05. The summed E-state index contributed by atoms with van der Waals surface area (Å²) in [6, 6.07) is 0. The normalized spacial score (nSPS) is 34.5. The molecule has 2 atom stereocenters. The molecular formula is C11H16N2O3. The lowest BCUT2D eigenvalue weighted by Gasteiger charge is -2.17. The van der Waals surface area contributed by atoms with Crippen LogP contribution in [0.25, 0.3) is 0 Å². The number of rotatable bonds is 3. The molecule has 0 aromatic carbocycles. The van der Waals surface area contributed by atoms with Gasteiger partial charge in [-0.25, -0.2) is 0 Å². The zero-order chi connectivity index (χ0) is 11.2. The molecule has 2 fully saturated rings. The Morgan fingerprint density at radius 3 is 2.94 bits per heavy atom. The number of hydrogen-bond donors (Lipinski definition) is 1. The summed E-state index contributed by atoms with van der Waals surface area (Å²) in [7, 11) is 0. The van der Waals surface area contributed by atoms with Crippen LogP contribution in [-0.2, 0) is 11.2 Å². The minimum absolute atomic E-state index is 0.107. The van der Waals surface area contributed by atoms with Crippen LogP contribution < -0.4 is 0 Å². The fourth-order valence-corrected chi connectivity index (χ4v) is 2.20. The van der Waals surface area contributed by atoms with Gasteiger partial charge in [-0.1, -0.05) is 5.16 Å². The molecule has 16 heavy (non-hydrogen) atoms. The Morgan fingerprint density at radius 1 is 1.50 bits per heavy atom. The molecule has 5 heteroatoms. The molecule has 1 saturated carbocycles. The van der Waals surface area contributed by atoms with Crippen molar-refractivity contribution < 1.29 is 14.4 Å². The van der Waals surface area contributed by atoms with Crippen molar-refractivity contribution in [2.45, 2.75) is 50.2 Å². The van der Waals surface area contributed by atoms with Crippen molar-refractivity contribution in [1.29, 1.82) is 0 Å². The van der Waals surface area contributed by atoms with Gasteiger partial charge in [-0.3, -0.25) is 0 Å². The smallest absolute Gasteiger partial charge is 0.229 e. The van der Waals surface area contributed by atoms with E-state index in [-0.39, 0.29) is 6.10 Å². The topological polar surface area (TPSA) is 68.4 Å². The van der Waals surface area contributed by atoms with Gasteiger partial charge in [0.05, 0.1) is 24.7 Å². The summed E-state index contributed by atoms with van der Waals surface area (Å²) >= 11 is 0. The van der Waals surface area contributed by atoms with Crippen molar-refractivity contribution in [2.75, 3.05) is 6.61 Å². The van der Waals surface area contributed by atoms with Gasteiger partial charge in [0.2, 0.25) is 5.89 Å². The fourth-order valence-electron chi connectivity index (χ4n) is 2.20. The molecule has 1 N–H and O–H groups in total. The molecule has 2 heterocycles. The third kappa shape index (κ3) is 1.97. The maximum atomic E-state index is 10.2. The summed E-state index contributed by atoms with van der Waals surface area (Å²) in [6.07, 6.45) is 3.45. The van der Waals surface area contributed by atoms with E-state index < -0.39 is 5.60 Å². The zero-order valence-electron chi connectivity index (χ0n) is 9.35. The van der Waals surface area contributed by atoms with E-state index in [0.717, 1.165) is 18.7 Å². The maximum Gasteiger partial charge on any atom is 0.229 e. The van der Waals surface area contributed by atoms with Gasteiger partial charge in [0, 0.05) is 12.3 Å². The number of nitrogens with zero attached hydrogens (tertiary/aromatic N) is 2. The molecule has 1 aliphatic carbocycles. The van der Waals surface area contributed by atoms with Crippen molar-refractivity contribution in [3.05, 3.63) is 11.7 Å². The highest BCUT2D eigenvalue weighted by Crippen LogP contribution is 2.38. The van der Waals surface area contributed by atoms with Crippen LogP contribution >= 0.6 is 0 Å². The minimum Gasteiger partial charge on any atom is -0.387 e. The quantitative estimate of drug-likeness (QED) is 0.830. The largest absolute Gasteiger partial charge is 0.387 e. The van der Waals surface area contributed by atoms with E-state index in [2.05, 4.69) is 10.1 Å². The highest BCUT2D eigenvalue weighted by atomic mass is 16.5. The molecule has 1 aromatic heterocycles. The molecule has 1 saturated heterocycles. The van der Waals surface area contributed by atoms with Gasteiger partial charge in [-0.15, -0.1) is 0 Å². The second kappa shape index (κ2) is 3.53. The first-order valence-electron chi connectivity index (χ1n) is 5.81. The lowest BCUT2D eigenvalue weighted by molar-refractivity contribution is 0.0173. The Morgan fingerprint density at radius 2 is 2.31 bits per heavy atom. The van der Waals surface area contributed by atoms with Crippen molar-refractivity contribution >= 4 is 0 Å². The van der Waals surface area contributed by atoms with E-state index in [0.29, 0.717) is 31.3 Å². The monoisotopic (exact) mass is 224 g/mol. The first-order valence-corrected chi connectivity index (χ1v) is 5.81. The zero-order valence-corrected chi connectivity index (χ0v) is 9.35. The molecule has 0 bridgehead atoms. The van der Waals surface area contributed by atoms with E-state index >= 15 is 0 Å². The molecule has 0 unspecified atom stereocenters. The van der Waals surface area contributed by atoms with Crippen LogP contribution in [-0.4, -0.2) is 33.6 Å². The average Bonchev–Trinajstić information content (AvgIpc) is 2.89. The summed E-state index contributed by atoms with van der Waals surface area (Å²) in [4.78, 5) is 4.31. The SMILES string of the molecule is C[C@H]1C[C@](O)(Cc2nc(C3CC3)no2)CO1. The summed E-state index contributed by atoms with van der Waals surface area (Å²) in [5.41, 5.74) is -0.827. The molecule has 1 aliphatic heterocycles.